The Bertz CT molecular complexity index is 380. The van der Waals surface area contributed by atoms with Crippen LogP contribution in [0.1, 0.15) is 17.5 Å². The topological polar surface area (TPSA) is 12.5 Å². The van der Waals surface area contributed by atoms with Gasteiger partial charge in [-0.2, -0.15) is 0 Å². The third-order valence-electron chi connectivity index (χ3n) is 3.42. The summed E-state index contributed by atoms with van der Waals surface area (Å²) < 4.78 is 5.43. The lowest BCUT2D eigenvalue weighted by Gasteiger charge is -2.18. The van der Waals surface area contributed by atoms with Gasteiger partial charge in [0.05, 0.1) is 7.11 Å². The molecule has 0 bridgehead atoms. The minimum absolute atomic E-state index is 0.811. The molecule has 0 aromatic heterocycles. The summed E-state index contributed by atoms with van der Waals surface area (Å²) in [4.78, 5) is 2.52. The average molecular weight is 298 g/mol. The molecule has 1 aromatic rings. The number of hydrogen-bond acceptors (Lipinski definition) is 2. The van der Waals surface area contributed by atoms with Crippen LogP contribution in [0.2, 0.25) is 0 Å². The van der Waals surface area contributed by atoms with Crippen molar-refractivity contribution in [2.75, 3.05) is 25.5 Å². The predicted octanol–water partition coefficient (Wildman–Crippen LogP) is 3.22. The number of likely N-dealkylation sites (tertiary alicyclic amines) is 1. The average Bonchev–Trinajstić information content (AvgIpc) is 2.77. The van der Waals surface area contributed by atoms with E-state index in [1.165, 1.54) is 30.6 Å². The summed E-state index contributed by atoms with van der Waals surface area (Å²) in [6.45, 7) is 5.54. The second kappa shape index (κ2) is 5.87. The Hall–Kier alpha value is -0.540. The molecule has 0 aliphatic carbocycles. The van der Waals surface area contributed by atoms with Gasteiger partial charge in [-0.3, -0.25) is 4.90 Å². The standard InChI is InChI=1S/C14H20BrNO/c1-11-3-4-14(17-2)13(7-11)10-16-6-5-12(8-15)9-16/h3-4,7,12H,5-6,8-10H2,1-2H3. The van der Waals surface area contributed by atoms with Gasteiger partial charge in [0.25, 0.3) is 0 Å². The second-order valence-electron chi connectivity index (χ2n) is 4.86. The zero-order chi connectivity index (χ0) is 12.3. The van der Waals surface area contributed by atoms with Gasteiger partial charge in [0, 0.05) is 24.0 Å². The Morgan fingerprint density at radius 2 is 2.29 bits per heavy atom. The Kier molecular flexibility index (Phi) is 4.46. The Labute approximate surface area is 112 Å². The fourth-order valence-electron chi connectivity index (χ4n) is 2.45. The fourth-order valence-corrected chi connectivity index (χ4v) is 2.98. The largest absolute Gasteiger partial charge is 0.496 e. The molecule has 2 nitrogen and oxygen atoms in total. The summed E-state index contributed by atoms with van der Waals surface area (Å²) in [5, 5.41) is 1.12. The molecule has 1 atom stereocenters. The summed E-state index contributed by atoms with van der Waals surface area (Å²) in [6, 6.07) is 6.41. The summed E-state index contributed by atoms with van der Waals surface area (Å²) in [5.41, 5.74) is 2.61. The molecule has 1 aliphatic heterocycles. The highest BCUT2D eigenvalue weighted by atomic mass is 79.9. The molecule has 1 saturated heterocycles. The van der Waals surface area contributed by atoms with Crippen molar-refractivity contribution in [3.8, 4) is 5.75 Å². The molecule has 0 N–H and O–H groups in total. The molecule has 1 heterocycles. The van der Waals surface area contributed by atoms with E-state index >= 15 is 0 Å². The molecule has 2 rings (SSSR count). The smallest absolute Gasteiger partial charge is 0.123 e. The zero-order valence-electron chi connectivity index (χ0n) is 10.6. The number of ether oxygens (including phenoxy) is 1. The first-order chi connectivity index (χ1) is 8.22. The number of hydrogen-bond donors (Lipinski definition) is 0. The van der Waals surface area contributed by atoms with Crippen molar-refractivity contribution < 1.29 is 4.74 Å². The van der Waals surface area contributed by atoms with Gasteiger partial charge in [0.2, 0.25) is 0 Å². The molecule has 0 saturated carbocycles. The summed E-state index contributed by atoms with van der Waals surface area (Å²) >= 11 is 3.58. The number of aryl methyl sites for hydroxylation is 1. The molecular formula is C14H20BrNO. The van der Waals surface area contributed by atoms with Crippen molar-refractivity contribution in [3.63, 3.8) is 0 Å². The van der Waals surface area contributed by atoms with Crippen molar-refractivity contribution in [2.45, 2.75) is 19.9 Å². The van der Waals surface area contributed by atoms with Crippen LogP contribution in [0.15, 0.2) is 18.2 Å². The van der Waals surface area contributed by atoms with Crippen molar-refractivity contribution in [1.82, 2.24) is 4.90 Å². The van der Waals surface area contributed by atoms with Gasteiger partial charge in [-0.05, 0) is 31.9 Å². The molecule has 1 aliphatic rings. The lowest BCUT2D eigenvalue weighted by atomic mass is 10.1. The van der Waals surface area contributed by atoms with E-state index in [-0.39, 0.29) is 0 Å². The lowest BCUT2D eigenvalue weighted by Crippen LogP contribution is -2.20. The minimum Gasteiger partial charge on any atom is -0.496 e. The van der Waals surface area contributed by atoms with Crippen LogP contribution in [-0.4, -0.2) is 30.4 Å². The van der Waals surface area contributed by atoms with Crippen molar-refractivity contribution in [2.24, 2.45) is 5.92 Å². The van der Waals surface area contributed by atoms with Crippen molar-refractivity contribution >= 4 is 15.9 Å². The van der Waals surface area contributed by atoms with Gasteiger partial charge >= 0.3 is 0 Å². The first-order valence-electron chi connectivity index (χ1n) is 6.14. The van der Waals surface area contributed by atoms with Crippen LogP contribution in [0, 0.1) is 12.8 Å². The highest BCUT2D eigenvalue weighted by Crippen LogP contribution is 2.25. The highest BCUT2D eigenvalue weighted by molar-refractivity contribution is 9.09. The number of halogens is 1. The Morgan fingerprint density at radius 1 is 1.47 bits per heavy atom. The summed E-state index contributed by atoms with van der Waals surface area (Å²) in [6.07, 6.45) is 1.30. The Balaban J connectivity index is 2.05. The lowest BCUT2D eigenvalue weighted by molar-refractivity contribution is 0.312. The van der Waals surface area contributed by atoms with E-state index in [0.29, 0.717) is 0 Å². The fraction of sp³-hybridized carbons (Fsp3) is 0.571. The molecule has 3 heteroatoms. The van der Waals surface area contributed by atoms with E-state index in [1.54, 1.807) is 7.11 Å². The summed E-state index contributed by atoms with van der Waals surface area (Å²) in [7, 11) is 1.75. The maximum atomic E-state index is 5.43. The number of rotatable bonds is 4. The molecule has 94 valence electrons. The third-order valence-corrected chi connectivity index (χ3v) is 4.33. The Morgan fingerprint density at radius 3 is 2.94 bits per heavy atom. The minimum atomic E-state index is 0.811. The van der Waals surface area contributed by atoms with Gasteiger partial charge in [-0.15, -0.1) is 0 Å². The quantitative estimate of drug-likeness (QED) is 0.791. The number of alkyl halides is 1. The van der Waals surface area contributed by atoms with E-state index in [1.807, 2.05) is 0 Å². The van der Waals surface area contributed by atoms with E-state index in [4.69, 9.17) is 4.74 Å². The third kappa shape index (κ3) is 3.23. The second-order valence-corrected chi connectivity index (χ2v) is 5.51. The van der Waals surface area contributed by atoms with Crippen LogP contribution >= 0.6 is 15.9 Å². The molecule has 0 spiro atoms. The van der Waals surface area contributed by atoms with Gasteiger partial charge in [0.15, 0.2) is 0 Å². The van der Waals surface area contributed by atoms with Crippen LogP contribution in [0.5, 0.6) is 5.75 Å². The van der Waals surface area contributed by atoms with Gasteiger partial charge in [0.1, 0.15) is 5.75 Å². The SMILES string of the molecule is COc1ccc(C)cc1CN1CCC(CBr)C1. The maximum Gasteiger partial charge on any atom is 0.123 e. The van der Waals surface area contributed by atoms with Crippen molar-refractivity contribution in [3.05, 3.63) is 29.3 Å². The van der Waals surface area contributed by atoms with E-state index < -0.39 is 0 Å². The molecule has 1 fully saturated rings. The molecule has 17 heavy (non-hydrogen) atoms. The number of methoxy groups -OCH3 is 1. The van der Waals surface area contributed by atoms with E-state index in [9.17, 15) is 0 Å². The monoisotopic (exact) mass is 297 g/mol. The van der Waals surface area contributed by atoms with Crippen LogP contribution in [0.4, 0.5) is 0 Å². The van der Waals surface area contributed by atoms with Crippen LogP contribution in [0.25, 0.3) is 0 Å². The zero-order valence-corrected chi connectivity index (χ0v) is 12.2. The molecule has 0 radical (unpaired) electrons. The van der Waals surface area contributed by atoms with Crippen LogP contribution < -0.4 is 4.74 Å². The van der Waals surface area contributed by atoms with E-state index in [2.05, 4.69) is 46.0 Å². The van der Waals surface area contributed by atoms with Crippen LogP contribution in [0.3, 0.4) is 0 Å². The van der Waals surface area contributed by atoms with Gasteiger partial charge < -0.3 is 4.74 Å². The van der Waals surface area contributed by atoms with E-state index in [0.717, 1.165) is 23.5 Å². The molecular weight excluding hydrogens is 278 g/mol. The highest BCUT2D eigenvalue weighted by Gasteiger charge is 2.22. The van der Waals surface area contributed by atoms with Crippen molar-refractivity contribution in [1.29, 1.82) is 0 Å². The van der Waals surface area contributed by atoms with Gasteiger partial charge in [-0.25, -0.2) is 0 Å². The first kappa shape index (κ1) is 12.9. The normalized spacial score (nSPS) is 20.8. The number of nitrogens with zero attached hydrogens (tertiary/aromatic N) is 1. The molecule has 1 aromatic carbocycles. The molecule has 0 amide bonds. The first-order valence-corrected chi connectivity index (χ1v) is 7.27. The molecule has 1 unspecified atom stereocenters. The summed E-state index contributed by atoms with van der Waals surface area (Å²) in [5.74, 6) is 1.82. The van der Waals surface area contributed by atoms with Crippen LogP contribution in [-0.2, 0) is 6.54 Å². The van der Waals surface area contributed by atoms with Gasteiger partial charge in [-0.1, -0.05) is 33.6 Å². The maximum absolute atomic E-state index is 5.43. The predicted molar refractivity (Wildman–Crippen MR) is 74.9 cm³/mol. The number of benzene rings is 1.